The summed E-state index contributed by atoms with van der Waals surface area (Å²) < 4.78 is 1.09. The number of amides is 2. The van der Waals surface area contributed by atoms with Gasteiger partial charge in [0.15, 0.2) is 10.2 Å². The highest BCUT2D eigenvalue weighted by Gasteiger charge is 2.09. The number of carbonyl (C=O) groups is 2. The molecule has 0 saturated heterocycles. The molecule has 5 aromatic rings. The van der Waals surface area contributed by atoms with Crippen LogP contribution < -0.4 is 16.0 Å². The molecule has 0 radical (unpaired) electrons. The number of rotatable bonds is 4. The first kappa shape index (κ1) is 26.7. The number of nitrogens with one attached hydrogen (secondary N) is 3. The molecule has 3 N–H and O–H groups in total. The third kappa shape index (κ3) is 7.55. The standard InChI is InChI=1S/C15H12N2OS.C15H14N2OS/c1-10-7-8-12-13(9-10)19-15(16-12)17-14(18)11-5-3-2-4-6-11;1-11-7-9-13(10-8-11)16-15(19)17-14(18)12-5-3-2-4-6-12/h2-9H,1H3,(H,16,17,18);2-10H,1H3,(H2,16,17,18,19). The molecule has 1 aromatic heterocycles. The number of nitrogens with zero attached hydrogens (tertiary/aromatic N) is 1. The highest BCUT2D eigenvalue weighted by Crippen LogP contribution is 2.27. The fraction of sp³-hybridized carbons (Fsp3) is 0.0667. The normalized spacial score (nSPS) is 10.2. The summed E-state index contributed by atoms with van der Waals surface area (Å²) in [6, 6.07) is 31.9. The topological polar surface area (TPSA) is 83.1 Å². The van der Waals surface area contributed by atoms with Crippen LogP contribution in [0, 0.1) is 13.8 Å². The van der Waals surface area contributed by atoms with E-state index in [0.29, 0.717) is 16.3 Å². The monoisotopic (exact) mass is 538 g/mol. The van der Waals surface area contributed by atoms with Crippen LogP contribution in [0.4, 0.5) is 10.8 Å². The predicted molar refractivity (Wildman–Crippen MR) is 160 cm³/mol. The summed E-state index contributed by atoms with van der Waals surface area (Å²) in [7, 11) is 0. The van der Waals surface area contributed by atoms with Crippen molar-refractivity contribution in [1.82, 2.24) is 10.3 Å². The molecular formula is C30H26N4O2S2. The van der Waals surface area contributed by atoms with E-state index in [1.165, 1.54) is 22.5 Å². The number of thiocarbonyl (C=S) groups is 1. The molecule has 0 atom stereocenters. The van der Waals surface area contributed by atoms with Crippen molar-refractivity contribution in [3.05, 3.63) is 125 Å². The third-order valence-electron chi connectivity index (χ3n) is 5.37. The summed E-state index contributed by atoms with van der Waals surface area (Å²) in [6.07, 6.45) is 0. The van der Waals surface area contributed by atoms with Crippen LogP contribution >= 0.6 is 23.6 Å². The lowest BCUT2D eigenvalue weighted by atomic mass is 10.2. The maximum atomic E-state index is 12.0. The Morgan fingerprint density at radius 1 is 0.711 bits per heavy atom. The molecule has 5 rings (SSSR count). The number of hydrogen-bond acceptors (Lipinski definition) is 5. The van der Waals surface area contributed by atoms with Gasteiger partial charge in [0.05, 0.1) is 10.2 Å². The fourth-order valence-electron chi connectivity index (χ4n) is 3.41. The number of hydrogen-bond donors (Lipinski definition) is 3. The predicted octanol–water partition coefficient (Wildman–Crippen LogP) is 6.98. The Morgan fingerprint density at radius 2 is 1.29 bits per heavy atom. The number of aryl methyl sites for hydroxylation is 2. The van der Waals surface area contributed by atoms with Gasteiger partial charge in [-0.05, 0) is 80.2 Å². The van der Waals surface area contributed by atoms with Crippen molar-refractivity contribution in [3.63, 3.8) is 0 Å². The zero-order chi connectivity index (χ0) is 26.9. The Balaban J connectivity index is 0.000000177. The summed E-state index contributed by atoms with van der Waals surface area (Å²) in [6.45, 7) is 4.06. The minimum Gasteiger partial charge on any atom is -0.332 e. The van der Waals surface area contributed by atoms with Crippen LogP contribution in [-0.2, 0) is 0 Å². The quantitative estimate of drug-likeness (QED) is 0.215. The summed E-state index contributed by atoms with van der Waals surface area (Å²) in [4.78, 5) is 28.3. The van der Waals surface area contributed by atoms with Crippen LogP contribution in [0.3, 0.4) is 0 Å². The second-order valence-electron chi connectivity index (χ2n) is 8.45. The Bertz CT molecular complexity index is 1550. The minimum atomic E-state index is -0.217. The molecule has 8 heteroatoms. The van der Waals surface area contributed by atoms with E-state index in [0.717, 1.165) is 15.9 Å². The van der Waals surface area contributed by atoms with Gasteiger partial charge in [-0.2, -0.15) is 0 Å². The average molecular weight is 539 g/mol. The van der Waals surface area contributed by atoms with Gasteiger partial charge in [-0.15, -0.1) is 0 Å². The van der Waals surface area contributed by atoms with Crippen LogP contribution in [0.25, 0.3) is 10.2 Å². The Hall–Kier alpha value is -4.40. The molecule has 0 fully saturated rings. The second-order valence-corrected chi connectivity index (χ2v) is 9.89. The zero-order valence-corrected chi connectivity index (χ0v) is 22.5. The molecule has 0 aliphatic heterocycles. The van der Waals surface area contributed by atoms with Gasteiger partial charge in [0.2, 0.25) is 0 Å². The van der Waals surface area contributed by atoms with Gasteiger partial charge in [-0.25, -0.2) is 4.98 Å². The zero-order valence-electron chi connectivity index (χ0n) is 20.9. The van der Waals surface area contributed by atoms with Gasteiger partial charge in [0.1, 0.15) is 0 Å². The molecular weight excluding hydrogens is 512 g/mol. The average Bonchev–Trinajstić information content (AvgIpc) is 3.32. The SMILES string of the molecule is Cc1ccc(NC(=S)NC(=O)c2ccccc2)cc1.Cc1ccc2nc(NC(=O)c3ccccc3)sc2c1. The van der Waals surface area contributed by atoms with Crippen molar-refractivity contribution in [2.24, 2.45) is 0 Å². The first-order valence-electron chi connectivity index (χ1n) is 11.8. The number of thiazole rings is 1. The highest BCUT2D eigenvalue weighted by molar-refractivity contribution is 7.80. The van der Waals surface area contributed by atoms with E-state index in [9.17, 15) is 9.59 Å². The number of anilines is 2. The molecule has 0 spiro atoms. The van der Waals surface area contributed by atoms with Crippen molar-refractivity contribution < 1.29 is 9.59 Å². The van der Waals surface area contributed by atoms with Crippen LogP contribution in [-0.4, -0.2) is 21.9 Å². The molecule has 190 valence electrons. The summed E-state index contributed by atoms with van der Waals surface area (Å²) >= 11 is 6.59. The lowest BCUT2D eigenvalue weighted by Crippen LogP contribution is -2.34. The largest absolute Gasteiger partial charge is 0.332 e. The molecule has 2 amide bonds. The van der Waals surface area contributed by atoms with E-state index >= 15 is 0 Å². The lowest BCUT2D eigenvalue weighted by molar-refractivity contribution is 0.0976. The van der Waals surface area contributed by atoms with E-state index < -0.39 is 0 Å². The summed E-state index contributed by atoms with van der Waals surface area (Å²) in [5, 5.41) is 9.37. The van der Waals surface area contributed by atoms with Gasteiger partial charge in [-0.1, -0.05) is 71.5 Å². The van der Waals surface area contributed by atoms with Gasteiger partial charge in [0, 0.05) is 16.8 Å². The van der Waals surface area contributed by atoms with Crippen molar-refractivity contribution in [2.75, 3.05) is 10.6 Å². The third-order valence-corrected chi connectivity index (χ3v) is 6.51. The summed E-state index contributed by atoms with van der Waals surface area (Å²) in [5.74, 6) is -0.346. The van der Waals surface area contributed by atoms with E-state index in [-0.39, 0.29) is 16.9 Å². The second kappa shape index (κ2) is 12.7. The number of fused-ring (bicyclic) bond motifs is 1. The molecule has 0 aliphatic rings. The van der Waals surface area contributed by atoms with Crippen LogP contribution in [0.15, 0.2) is 103 Å². The first-order valence-corrected chi connectivity index (χ1v) is 13.1. The number of aromatic nitrogens is 1. The van der Waals surface area contributed by atoms with Crippen molar-refractivity contribution in [3.8, 4) is 0 Å². The summed E-state index contributed by atoms with van der Waals surface area (Å²) in [5.41, 5.74) is 5.35. The van der Waals surface area contributed by atoms with E-state index in [2.05, 4.69) is 27.0 Å². The molecule has 0 aliphatic carbocycles. The van der Waals surface area contributed by atoms with Gasteiger partial charge < -0.3 is 5.32 Å². The maximum Gasteiger partial charge on any atom is 0.257 e. The van der Waals surface area contributed by atoms with Crippen molar-refractivity contribution in [1.29, 1.82) is 0 Å². The van der Waals surface area contributed by atoms with E-state index in [4.69, 9.17) is 12.2 Å². The molecule has 6 nitrogen and oxygen atoms in total. The van der Waals surface area contributed by atoms with Gasteiger partial charge in [-0.3, -0.25) is 20.2 Å². The molecule has 38 heavy (non-hydrogen) atoms. The Morgan fingerprint density at radius 3 is 1.92 bits per heavy atom. The Labute approximate surface area is 230 Å². The molecule has 0 unspecified atom stereocenters. The molecule has 4 aromatic carbocycles. The fourth-order valence-corrected chi connectivity index (χ4v) is 4.58. The van der Waals surface area contributed by atoms with Crippen LogP contribution in [0.1, 0.15) is 31.8 Å². The number of benzene rings is 4. The van der Waals surface area contributed by atoms with Gasteiger partial charge >= 0.3 is 0 Å². The van der Waals surface area contributed by atoms with Crippen molar-refractivity contribution >= 4 is 61.5 Å². The minimum absolute atomic E-state index is 0.128. The highest BCUT2D eigenvalue weighted by atomic mass is 32.1. The molecule has 0 bridgehead atoms. The Kier molecular flexibility index (Phi) is 8.92. The first-order chi connectivity index (χ1) is 18.4. The lowest BCUT2D eigenvalue weighted by Gasteiger charge is -2.09. The van der Waals surface area contributed by atoms with Crippen LogP contribution in [0.2, 0.25) is 0 Å². The number of carbonyl (C=O) groups excluding carboxylic acids is 2. The molecule has 1 heterocycles. The van der Waals surface area contributed by atoms with Crippen LogP contribution in [0.5, 0.6) is 0 Å². The van der Waals surface area contributed by atoms with Crippen molar-refractivity contribution in [2.45, 2.75) is 13.8 Å². The van der Waals surface area contributed by atoms with E-state index in [1.54, 1.807) is 24.3 Å². The maximum absolute atomic E-state index is 12.0. The van der Waals surface area contributed by atoms with Gasteiger partial charge in [0.25, 0.3) is 11.8 Å². The van der Waals surface area contributed by atoms with E-state index in [1.807, 2.05) is 86.6 Å². The molecule has 0 saturated carbocycles. The smallest absolute Gasteiger partial charge is 0.257 e.